The largest absolute Gasteiger partial charge is 0.338 e. The fourth-order valence-corrected chi connectivity index (χ4v) is 4.36. The molecular formula is C24H20ClF2N5O. The third-order valence-electron chi connectivity index (χ3n) is 5.95. The Bertz CT molecular complexity index is 1320. The van der Waals surface area contributed by atoms with Gasteiger partial charge in [-0.15, -0.1) is 0 Å². The number of nitrogens with zero attached hydrogens (tertiary/aromatic N) is 4. The van der Waals surface area contributed by atoms with Gasteiger partial charge in [0, 0.05) is 25.4 Å². The molecule has 0 spiro atoms. The molecule has 0 aliphatic carbocycles. The minimum absolute atomic E-state index is 0.201. The molecule has 1 amide bonds. The molecule has 0 bridgehead atoms. The van der Waals surface area contributed by atoms with Gasteiger partial charge in [-0.1, -0.05) is 23.7 Å². The van der Waals surface area contributed by atoms with E-state index < -0.39 is 5.82 Å². The molecule has 4 aromatic rings. The fraction of sp³-hybridized carbons (Fsp3) is 0.208. The molecule has 0 saturated carbocycles. The fourth-order valence-electron chi connectivity index (χ4n) is 4.19. The lowest BCUT2D eigenvalue weighted by Gasteiger charge is -2.32. The zero-order valence-corrected chi connectivity index (χ0v) is 18.3. The van der Waals surface area contributed by atoms with Crippen molar-refractivity contribution in [2.24, 2.45) is 0 Å². The minimum atomic E-state index is -0.455. The lowest BCUT2D eigenvalue weighted by Crippen LogP contribution is -2.38. The van der Waals surface area contributed by atoms with Crippen LogP contribution in [0.15, 0.2) is 60.9 Å². The van der Waals surface area contributed by atoms with Gasteiger partial charge in [-0.25, -0.2) is 13.8 Å². The molecule has 1 saturated heterocycles. The Labute approximate surface area is 193 Å². The van der Waals surface area contributed by atoms with E-state index in [9.17, 15) is 13.6 Å². The first-order chi connectivity index (χ1) is 16.0. The maximum atomic E-state index is 13.8. The Hall–Kier alpha value is -3.52. The van der Waals surface area contributed by atoms with E-state index in [1.54, 1.807) is 29.3 Å². The second kappa shape index (κ2) is 8.78. The van der Waals surface area contributed by atoms with Gasteiger partial charge in [-0.05, 0) is 54.7 Å². The number of rotatable bonds is 4. The number of piperidine rings is 1. The maximum Gasteiger partial charge on any atom is 0.259 e. The van der Waals surface area contributed by atoms with Gasteiger partial charge in [0.25, 0.3) is 5.91 Å². The van der Waals surface area contributed by atoms with Crippen LogP contribution in [0.1, 0.15) is 34.7 Å². The number of nitrogens with one attached hydrogen (secondary N) is 1. The van der Waals surface area contributed by atoms with E-state index in [0.29, 0.717) is 40.8 Å². The predicted molar refractivity (Wildman–Crippen MR) is 122 cm³/mol. The van der Waals surface area contributed by atoms with Crippen molar-refractivity contribution in [3.8, 4) is 0 Å². The highest BCUT2D eigenvalue weighted by Gasteiger charge is 2.27. The van der Waals surface area contributed by atoms with Gasteiger partial charge >= 0.3 is 0 Å². The lowest BCUT2D eigenvalue weighted by atomic mass is 9.89. The number of benzene rings is 2. The zero-order chi connectivity index (χ0) is 22.9. The molecule has 9 heteroatoms. The number of carbonyl (C=O) groups is 1. The molecule has 1 fully saturated rings. The van der Waals surface area contributed by atoms with Gasteiger partial charge in [-0.2, -0.15) is 9.61 Å². The predicted octanol–water partition coefficient (Wildman–Crippen LogP) is 5.42. The Morgan fingerprint density at radius 2 is 1.76 bits per heavy atom. The maximum absolute atomic E-state index is 13.8. The summed E-state index contributed by atoms with van der Waals surface area (Å²) in [7, 11) is 0. The lowest BCUT2D eigenvalue weighted by molar-refractivity contribution is 0.0713. The number of likely N-dealkylation sites (tertiary alicyclic amines) is 1. The third-order valence-corrected chi connectivity index (χ3v) is 6.28. The van der Waals surface area contributed by atoms with Crippen molar-refractivity contribution in [2.45, 2.75) is 18.8 Å². The van der Waals surface area contributed by atoms with Crippen LogP contribution in [0.3, 0.4) is 0 Å². The van der Waals surface area contributed by atoms with Crippen LogP contribution in [0.4, 0.5) is 20.3 Å². The molecule has 2 aromatic carbocycles. The molecule has 0 unspecified atom stereocenters. The van der Waals surface area contributed by atoms with Gasteiger partial charge in [0.1, 0.15) is 23.0 Å². The summed E-state index contributed by atoms with van der Waals surface area (Å²) in [6, 6.07) is 12.2. The summed E-state index contributed by atoms with van der Waals surface area (Å²) in [5.74, 6) is -0.282. The number of anilines is 2. The van der Waals surface area contributed by atoms with Crippen molar-refractivity contribution in [2.75, 3.05) is 18.4 Å². The van der Waals surface area contributed by atoms with E-state index in [0.717, 1.165) is 18.4 Å². The summed E-state index contributed by atoms with van der Waals surface area (Å²) >= 11 is 6.24. The average molecular weight is 468 g/mol. The van der Waals surface area contributed by atoms with E-state index in [1.165, 1.54) is 41.0 Å². The number of hydrogen-bond acceptors (Lipinski definition) is 4. The number of fused-ring (bicyclic) bond motifs is 1. The number of aromatic nitrogens is 3. The molecule has 5 rings (SSSR count). The van der Waals surface area contributed by atoms with Crippen LogP contribution in [0.25, 0.3) is 5.65 Å². The van der Waals surface area contributed by atoms with Crippen molar-refractivity contribution in [3.05, 3.63) is 88.7 Å². The van der Waals surface area contributed by atoms with Crippen LogP contribution >= 0.6 is 11.6 Å². The molecule has 3 heterocycles. The zero-order valence-electron chi connectivity index (χ0n) is 17.5. The first-order valence-corrected chi connectivity index (χ1v) is 11.0. The Balaban J connectivity index is 1.41. The van der Waals surface area contributed by atoms with Crippen LogP contribution in [-0.2, 0) is 0 Å². The molecule has 6 nitrogen and oxygen atoms in total. The SMILES string of the molecule is O=C(c1cnc2ccnn2c1Nc1cc(F)ccc1Cl)N1CCC(c2ccc(F)cc2)CC1. The highest BCUT2D eigenvalue weighted by atomic mass is 35.5. The molecule has 1 aliphatic heterocycles. The van der Waals surface area contributed by atoms with E-state index in [4.69, 9.17) is 11.6 Å². The highest BCUT2D eigenvalue weighted by molar-refractivity contribution is 6.33. The van der Waals surface area contributed by atoms with Gasteiger partial charge < -0.3 is 10.2 Å². The van der Waals surface area contributed by atoms with Gasteiger partial charge in [0.05, 0.1) is 16.9 Å². The molecule has 1 aliphatic rings. The molecule has 1 N–H and O–H groups in total. The summed E-state index contributed by atoms with van der Waals surface area (Å²) in [6.45, 7) is 1.11. The first kappa shape index (κ1) is 21.3. The van der Waals surface area contributed by atoms with Crippen LogP contribution in [-0.4, -0.2) is 38.5 Å². The second-order valence-corrected chi connectivity index (χ2v) is 8.40. The Morgan fingerprint density at radius 1 is 1.03 bits per heavy atom. The highest BCUT2D eigenvalue weighted by Crippen LogP contribution is 2.31. The molecule has 0 atom stereocenters. The van der Waals surface area contributed by atoms with Crippen LogP contribution < -0.4 is 5.32 Å². The van der Waals surface area contributed by atoms with E-state index in [1.807, 2.05) is 0 Å². The summed E-state index contributed by atoms with van der Waals surface area (Å²) in [5, 5.41) is 7.66. The molecule has 0 radical (unpaired) electrons. The summed E-state index contributed by atoms with van der Waals surface area (Å²) < 4.78 is 28.6. The Morgan fingerprint density at radius 3 is 2.52 bits per heavy atom. The number of amides is 1. The standard InChI is InChI=1S/C24H20ClF2N5O/c25-20-6-5-18(27)13-21(20)30-23-19(14-28-22-7-10-29-32(22)23)24(33)31-11-8-16(9-12-31)15-1-3-17(26)4-2-15/h1-7,10,13-14,16,30H,8-9,11-12H2. The first-order valence-electron chi connectivity index (χ1n) is 10.6. The van der Waals surface area contributed by atoms with Crippen LogP contribution in [0.2, 0.25) is 5.02 Å². The van der Waals surface area contributed by atoms with Crippen molar-refractivity contribution in [1.29, 1.82) is 0 Å². The summed E-state index contributed by atoms with van der Waals surface area (Å²) in [5.41, 5.74) is 2.25. The van der Waals surface area contributed by atoms with E-state index >= 15 is 0 Å². The molecular weight excluding hydrogens is 448 g/mol. The smallest absolute Gasteiger partial charge is 0.259 e. The normalized spacial score (nSPS) is 14.6. The number of carbonyl (C=O) groups excluding carboxylic acids is 1. The third kappa shape index (κ3) is 4.26. The quantitative estimate of drug-likeness (QED) is 0.435. The summed E-state index contributed by atoms with van der Waals surface area (Å²) in [4.78, 5) is 19.6. The topological polar surface area (TPSA) is 62.5 Å². The van der Waals surface area contributed by atoms with Crippen molar-refractivity contribution >= 4 is 34.7 Å². The van der Waals surface area contributed by atoms with Crippen LogP contribution in [0.5, 0.6) is 0 Å². The van der Waals surface area contributed by atoms with Crippen molar-refractivity contribution in [3.63, 3.8) is 0 Å². The monoisotopic (exact) mass is 467 g/mol. The Kier molecular flexibility index (Phi) is 5.68. The molecule has 2 aromatic heterocycles. The molecule has 168 valence electrons. The summed E-state index contributed by atoms with van der Waals surface area (Å²) in [6.07, 6.45) is 4.62. The number of halogens is 3. The average Bonchev–Trinajstić information content (AvgIpc) is 3.31. The van der Waals surface area contributed by atoms with Gasteiger partial charge in [-0.3, -0.25) is 4.79 Å². The van der Waals surface area contributed by atoms with Crippen molar-refractivity contribution < 1.29 is 13.6 Å². The van der Waals surface area contributed by atoms with Gasteiger partial charge in [0.2, 0.25) is 0 Å². The van der Waals surface area contributed by atoms with Gasteiger partial charge in [0.15, 0.2) is 5.65 Å². The van der Waals surface area contributed by atoms with Crippen molar-refractivity contribution in [1.82, 2.24) is 19.5 Å². The minimum Gasteiger partial charge on any atom is -0.338 e. The molecule has 33 heavy (non-hydrogen) atoms. The van der Waals surface area contributed by atoms with E-state index in [2.05, 4.69) is 15.4 Å². The van der Waals surface area contributed by atoms with Crippen LogP contribution in [0, 0.1) is 11.6 Å². The van der Waals surface area contributed by atoms with E-state index in [-0.39, 0.29) is 17.6 Å². The number of hydrogen-bond donors (Lipinski definition) is 1. The second-order valence-electron chi connectivity index (χ2n) is 7.99.